The molecule has 22 heavy (non-hydrogen) atoms. The van der Waals surface area contributed by atoms with E-state index in [1.54, 1.807) is 10.7 Å². The molecule has 0 aliphatic carbocycles. The second-order valence-corrected chi connectivity index (χ2v) is 6.07. The van der Waals surface area contributed by atoms with Crippen molar-refractivity contribution in [2.45, 2.75) is 20.3 Å². The van der Waals surface area contributed by atoms with Crippen LogP contribution in [-0.4, -0.2) is 25.0 Å². The predicted octanol–water partition coefficient (Wildman–Crippen LogP) is 3.05. The summed E-state index contributed by atoms with van der Waals surface area (Å²) in [5.74, 6) is 1.59. The maximum Gasteiger partial charge on any atom is 0.234 e. The maximum absolute atomic E-state index is 5.10. The van der Waals surface area contributed by atoms with Crippen LogP contribution in [0.4, 0.5) is 0 Å². The average Bonchev–Trinajstić information content (AvgIpc) is 3.18. The van der Waals surface area contributed by atoms with E-state index in [1.807, 2.05) is 19.1 Å². The van der Waals surface area contributed by atoms with Crippen LogP contribution in [0.5, 0.6) is 0 Å². The first-order valence-electron chi connectivity index (χ1n) is 6.89. The third-order valence-corrected chi connectivity index (χ3v) is 4.58. The average molecular weight is 311 g/mol. The molecule has 0 atom stereocenters. The van der Waals surface area contributed by atoms with Crippen LogP contribution in [0, 0.1) is 13.8 Å². The molecule has 0 saturated heterocycles. The molecule has 0 amide bonds. The highest BCUT2D eigenvalue weighted by Gasteiger charge is 2.16. The van der Waals surface area contributed by atoms with Gasteiger partial charge in [0.1, 0.15) is 5.76 Å². The topological polar surface area (TPSA) is 69.1 Å². The molecule has 3 aromatic heterocycles. The summed E-state index contributed by atoms with van der Waals surface area (Å²) in [5.41, 5.74) is 3.37. The second kappa shape index (κ2) is 5.03. The number of hydrogen-bond donors (Lipinski definition) is 0. The van der Waals surface area contributed by atoms with Gasteiger partial charge in [0.15, 0.2) is 10.8 Å². The Bertz CT molecular complexity index is 952. The van der Waals surface area contributed by atoms with Crippen molar-refractivity contribution in [2.75, 3.05) is 0 Å². The summed E-state index contributed by atoms with van der Waals surface area (Å²) in [4.78, 5) is 0.777. The van der Waals surface area contributed by atoms with Crippen molar-refractivity contribution in [3.63, 3.8) is 0 Å². The molecule has 0 radical (unpaired) electrons. The van der Waals surface area contributed by atoms with Crippen molar-refractivity contribution in [1.29, 1.82) is 0 Å². The number of benzene rings is 1. The van der Waals surface area contributed by atoms with Gasteiger partial charge in [-0.15, -0.1) is 10.2 Å². The molecule has 6 nitrogen and oxygen atoms in total. The van der Waals surface area contributed by atoms with E-state index in [0.29, 0.717) is 6.42 Å². The SMILES string of the molecule is Cc1ccccc1Cc1nnc2sc(-c3cnoc3C)nn12. The smallest absolute Gasteiger partial charge is 0.234 e. The van der Waals surface area contributed by atoms with Gasteiger partial charge in [0, 0.05) is 6.42 Å². The lowest BCUT2D eigenvalue weighted by Crippen LogP contribution is -1.99. The molecule has 0 saturated carbocycles. The molecule has 4 rings (SSSR count). The number of hydrogen-bond acceptors (Lipinski definition) is 6. The second-order valence-electron chi connectivity index (χ2n) is 5.12. The first-order valence-corrected chi connectivity index (χ1v) is 7.71. The minimum Gasteiger partial charge on any atom is -0.361 e. The fourth-order valence-electron chi connectivity index (χ4n) is 2.36. The lowest BCUT2D eigenvalue weighted by atomic mass is 10.1. The lowest BCUT2D eigenvalue weighted by molar-refractivity contribution is 0.398. The van der Waals surface area contributed by atoms with Gasteiger partial charge < -0.3 is 4.52 Å². The molecule has 0 bridgehead atoms. The summed E-state index contributed by atoms with van der Waals surface area (Å²) >= 11 is 1.48. The predicted molar refractivity (Wildman–Crippen MR) is 82.9 cm³/mol. The summed E-state index contributed by atoms with van der Waals surface area (Å²) in [7, 11) is 0. The van der Waals surface area contributed by atoms with Crippen molar-refractivity contribution in [1.82, 2.24) is 25.0 Å². The number of rotatable bonds is 3. The Balaban J connectivity index is 1.75. The van der Waals surface area contributed by atoms with E-state index in [9.17, 15) is 0 Å². The van der Waals surface area contributed by atoms with E-state index in [4.69, 9.17) is 4.52 Å². The molecular formula is C15H13N5OS. The van der Waals surface area contributed by atoms with Crippen molar-refractivity contribution >= 4 is 16.3 Å². The Morgan fingerprint density at radius 2 is 2.05 bits per heavy atom. The van der Waals surface area contributed by atoms with Crippen LogP contribution in [0.3, 0.4) is 0 Å². The molecule has 0 aliphatic heterocycles. The van der Waals surface area contributed by atoms with E-state index in [2.05, 4.69) is 39.5 Å². The molecule has 110 valence electrons. The van der Waals surface area contributed by atoms with E-state index >= 15 is 0 Å². The van der Waals surface area contributed by atoms with Crippen LogP contribution in [0.15, 0.2) is 35.0 Å². The Labute approximate surface area is 130 Å². The molecule has 1 aromatic carbocycles. The van der Waals surface area contributed by atoms with Crippen LogP contribution < -0.4 is 0 Å². The van der Waals surface area contributed by atoms with E-state index in [0.717, 1.165) is 27.1 Å². The molecule has 3 heterocycles. The van der Waals surface area contributed by atoms with Crippen LogP contribution in [-0.2, 0) is 6.42 Å². The molecule has 0 unspecified atom stereocenters. The molecular weight excluding hydrogens is 298 g/mol. The van der Waals surface area contributed by atoms with Crippen LogP contribution in [0.2, 0.25) is 0 Å². The van der Waals surface area contributed by atoms with Gasteiger partial charge in [-0.2, -0.15) is 9.61 Å². The standard InChI is InChI=1S/C15H13N5OS/c1-9-5-3-4-6-11(9)7-13-17-18-15-20(13)19-14(22-15)12-8-16-21-10(12)2/h3-6,8H,7H2,1-2H3. The third-order valence-electron chi connectivity index (χ3n) is 3.65. The number of aryl methyl sites for hydroxylation is 2. The minimum atomic E-state index is 0.708. The van der Waals surface area contributed by atoms with Crippen molar-refractivity contribution in [2.24, 2.45) is 0 Å². The zero-order chi connectivity index (χ0) is 15.1. The van der Waals surface area contributed by atoms with Crippen molar-refractivity contribution in [3.05, 3.63) is 53.2 Å². The Hall–Kier alpha value is -2.54. The van der Waals surface area contributed by atoms with Crippen molar-refractivity contribution < 1.29 is 4.52 Å². The van der Waals surface area contributed by atoms with Gasteiger partial charge in [-0.25, -0.2) is 0 Å². The first-order chi connectivity index (χ1) is 10.7. The van der Waals surface area contributed by atoms with Gasteiger partial charge in [-0.3, -0.25) is 0 Å². The Morgan fingerprint density at radius 3 is 2.82 bits per heavy atom. The zero-order valence-electron chi connectivity index (χ0n) is 12.1. The van der Waals surface area contributed by atoms with Crippen LogP contribution in [0.1, 0.15) is 22.7 Å². The summed E-state index contributed by atoms with van der Waals surface area (Å²) < 4.78 is 6.91. The third kappa shape index (κ3) is 2.10. The maximum atomic E-state index is 5.10. The highest BCUT2D eigenvalue weighted by molar-refractivity contribution is 7.19. The first kappa shape index (κ1) is 13.1. The number of aromatic nitrogens is 5. The summed E-state index contributed by atoms with van der Waals surface area (Å²) in [6, 6.07) is 8.27. The monoisotopic (exact) mass is 311 g/mol. The van der Waals surface area contributed by atoms with Gasteiger partial charge in [0.2, 0.25) is 4.96 Å². The van der Waals surface area contributed by atoms with Gasteiger partial charge in [-0.1, -0.05) is 40.8 Å². The summed E-state index contributed by atoms with van der Waals surface area (Å²) in [5, 5.41) is 17.7. The fraction of sp³-hybridized carbons (Fsp3) is 0.200. The van der Waals surface area contributed by atoms with E-state index < -0.39 is 0 Å². The summed E-state index contributed by atoms with van der Waals surface area (Å²) in [6.45, 7) is 3.97. The molecule has 7 heteroatoms. The van der Waals surface area contributed by atoms with Gasteiger partial charge in [0.05, 0.1) is 11.8 Å². The molecule has 0 aliphatic rings. The van der Waals surface area contributed by atoms with Crippen LogP contribution >= 0.6 is 11.3 Å². The molecule has 0 fully saturated rings. The Morgan fingerprint density at radius 1 is 1.18 bits per heavy atom. The highest BCUT2D eigenvalue weighted by Crippen LogP contribution is 2.28. The minimum absolute atomic E-state index is 0.708. The quantitative estimate of drug-likeness (QED) is 0.581. The normalized spacial score (nSPS) is 11.4. The number of nitrogens with zero attached hydrogens (tertiary/aromatic N) is 5. The van der Waals surface area contributed by atoms with Gasteiger partial charge in [0.25, 0.3) is 0 Å². The zero-order valence-corrected chi connectivity index (χ0v) is 13.0. The van der Waals surface area contributed by atoms with Crippen LogP contribution in [0.25, 0.3) is 15.5 Å². The van der Waals surface area contributed by atoms with E-state index in [-0.39, 0.29) is 0 Å². The summed E-state index contributed by atoms with van der Waals surface area (Å²) in [6.07, 6.45) is 2.39. The highest BCUT2D eigenvalue weighted by atomic mass is 32.1. The lowest BCUT2D eigenvalue weighted by Gasteiger charge is -2.02. The molecule has 0 spiro atoms. The largest absolute Gasteiger partial charge is 0.361 e. The molecule has 0 N–H and O–H groups in total. The number of fused-ring (bicyclic) bond motifs is 1. The molecule has 4 aromatic rings. The van der Waals surface area contributed by atoms with E-state index in [1.165, 1.54) is 22.5 Å². The van der Waals surface area contributed by atoms with Gasteiger partial charge in [-0.05, 0) is 25.0 Å². The Kier molecular flexibility index (Phi) is 3.00. The fourth-order valence-corrected chi connectivity index (χ4v) is 3.28. The van der Waals surface area contributed by atoms with Crippen molar-refractivity contribution in [3.8, 4) is 10.6 Å². The van der Waals surface area contributed by atoms with Gasteiger partial charge >= 0.3 is 0 Å².